The molecule has 0 atom stereocenters. The van der Waals surface area contributed by atoms with Crippen molar-refractivity contribution in [3.8, 4) is 11.5 Å². The van der Waals surface area contributed by atoms with Crippen molar-refractivity contribution in [1.82, 2.24) is 25.1 Å². The minimum Gasteiger partial charge on any atom is -0.491 e. The van der Waals surface area contributed by atoms with Crippen LogP contribution in [-0.4, -0.2) is 64.5 Å². The van der Waals surface area contributed by atoms with Gasteiger partial charge in [-0.1, -0.05) is 24.3 Å². The van der Waals surface area contributed by atoms with Crippen LogP contribution in [0.15, 0.2) is 79.1 Å². The topological polar surface area (TPSA) is 88.3 Å². The summed E-state index contributed by atoms with van der Waals surface area (Å²) in [7, 11) is 0. The molecule has 0 unspecified atom stereocenters. The van der Waals surface area contributed by atoms with Gasteiger partial charge in [0.2, 0.25) is 0 Å². The molecule has 4 heterocycles. The van der Waals surface area contributed by atoms with Crippen LogP contribution in [0.3, 0.4) is 0 Å². The Bertz CT molecular complexity index is 1620. The molecule has 41 heavy (non-hydrogen) atoms. The van der Waals surface area contributed by atoms with Gasteiger partial charge in [0, 0.05) is 49.2 Å². The quantitative estimate of drug-likeness (QED) is 0.214. The van der Waals surface area contributed by atoms with E-state index in [1.807, 2.05) is 66.9 Å². The van der Waals surface area contributed by atoms with Crippen molar-refractivity contribution in [2.75, 3.05) is 39.5 Å². The molecule has 0 aliphatic carbocycles. The molecule has 6 rings (SSSR count). The maximum absolute atomic E-state index is 6.27. The normalized spacial score (nSPS) is 14.3. The van der Waals surface area contributed by atoms with E-state index in [2.05, 4.69) is 55.4 Å². The highest BCUT2D eigenvalue weighted by molar-refractivity contribution is 5.83. The molecule has 208 valence electrons. The highest BCUT2D eigenvalue weighted by Crippen LogP contribution is 2.27. The number of nitrogens with zero attached hydrogens (tertiary/aromatic N) is 3. The van der Waals surface area contributed by atoms with Crippen LogP contribution >= 0.6 is 0 Å². The van der Waals surface area contributed by atoms with Gasteiger partial charge in [-0.25, -0.2) is 0 Å². The number of aromatic nitrogens is 4. The van der Waals surface area contributed by atoms with E-state index in [4.69, 9.17) is 14.2 Å². The molecule has 1 aliphatic rings. The number of H-pyrrole nitrogens is 2. The summed E-state index contributed by atoms with van der Waals surface area (Å²) < 4.78 is 17.7. The fourth-order valence-electron chi connectivity index (χ4n) is 4.67. The third kappa shape index (κ3) is 7.30. The molecule has 1 fully saturated rings. The van der Waals surface area contributed by atoms with E-state index in [1.54, 1.807) is 6.20 Å². The van der Waals surface area contributed by atoms with Crippen molar-refractivity contribution < 1.29 is 14.2 Å². The number of hydrogen-bond acceptors (Lipinski definition) is 6. The highest BCUT2D eigenvalue weighted by atomic mass is 16.5. The average molecular weight is 548 g/mol. The lowest BCUT2D eigenvalue weighted by molar-refractivity contribution is 0.0322. The van der Waals surface area contributed by atoms with Crippen LogP contribution in [0.2, 0.25) is 0 Å². The summed E-state index contributed by atoms with van der Waals surface area (Å²) in [6.07, 6.45) is 11.8. The second-order valence-corrected chi connectivity index (χ2v) is 9.85. The Morgan fingerprint density at radius 2 is 1.85 bits per heavy atom. The zero-order chi connectivity index (χ0) is 27.7. The number of rotatable bonds is 11. The SMILES string of the molecule is C(=Cc1ccc(OCc2ccccn2)cc1OCCN1CCOCC1)c1cc(/C=C/c2ccc3cc[nH]c3c2)n[nH]1. The van der Waals surface area contributed by atoms with Crippen LogP contribution in [0, 0.1) is 0 Å². The molecular weight excluding hydrogens is 514 g/mol. The third-order valence-corrected chi connectivity index (χ3v) is 6.95. The van der Waals surface area contributed by atoms with Crippen LogP contribution in [0.4, 0.5) is 0 Å². The second-order valence-electron chi connectivity index (χ2n) is 9.85. The number of ether oxygens (including phenoxy) is 3. The molecule has 1 saturated heterocycles. The van der Waals surface area contributed by atoms with Crippen molar-refractivity contribution in [2.24, 2.45) is 0 Å². The molecule has 0 saturated carbocycles. The van der Waals surface area contributed by atoms with E-state index >= 15 is 0 Å². The van der Waals surface area contributed by atoms with Gasteiger partial charge in [-0.05, 0) is 71.6 Å². The first-order valence-electron chi connectivity index (χ1n) is 13.9. The van der Waals surface area contributed by atoms with Crippen LogP contribution in [-0.2, 0) is 11.3 Å². The Hall–Kier alpha value is -4.66. The van der Waals surface area contributed by atoms with E-state index < -0.39 is 0 Å². The molecule has 3 aromatic heterocycles. The summed E-state index contributed by atoms with van der Waals surface area (Å²) in [5.41, 5.74) is 5.83. The Kier molecular flexibility index (Phi) is 8.50. The minimum absolute atomic E-state index is 0.395. The van der Waals surface area contributed by atoms with Gasteiger partial charge in [0.1, 0.15) is 24.7 Å². The van der Waals surface area contributed by atoms with Crippen molar-refractivity contribution in [3.63, 3.8) is 0 Å². The first kappa shape index (κ1) is 26.6. The Labute approximate surface area is 239 Å². The van der Waals surface area contributed by atoms with Gasteiger partial charge in [-0.3, -0.25) is 15.0 Å². The number of morpholine rings is 1. The predicted molar refractivity (Wildman–Crippen MR) is 163 cm³/mol. The molecule has 1 aliphatic heterocycles. The van der Waals surface area contributed by atoms with Crippen LogP contribution in [0.5, 0.6) is 11.5 Å². The van der Waals surface area contributed by atoms with E-state index in [-0.39, 0.29) is 0 Å². The molecular formula is C33H33N5O3. The first-order valence-corrected chi connectivity index (χ1v) is 13.9. The van der Waals surface area contributed by atoms with Crippen molar-refractivity contribution in [3.05, 3.63) is 107 Å². The van der Waals surface area contributed by atoms with E-state index in [0.717, 1.165) is 78.1 Å². The number of nitrogens with one attached hydrogen (secondary N) is 2. The number of benzene rings is 2. The van der Waals surface area contributed by atoms with Gasteiger partial charge in [0.15, 0.2) is 0 Å². The summed E-state index contributed by atoms with van der Waals surface area (Å²) >= 11 is 0. The smallest absolute Gasteiger partial charge is 0.130 e. The highest BCUT2D eigenvalue weighted by Gasteiger charge is 2.11. The molecule has 0 amide bonds. The second kappa shape index (κ2) is 13.1. The molecule has 0 spiro atoms. The van der Waals surface area contributed by atoms with Crippen LogP contribution < -0.4 is 9.47 Å². The fraction of sp³-hybridized carbons (Fsp3) is 0.212. The summed E-state index contributed by atoms with van der Waals surface area (Å²) in [6, 6.07) is 22.2. The summed E-state index contributed by atoms with van der Waals surface area (Å²) in [4.78, 5) is 9.95. The standard InChI is InChI=1S/C33H33N5O3/c1-2-13-34-30(3-1)24-41-31-11-8-27(33(23-31)40-20-17-38-15-18-39-19-16-38)7-10-29-22-28(36-37-29)9-5-25-4-6-26-12-14-35-32(26)21-25/h1-14,21-23,35H,15-20,24H2,(H,36,37)/b9-5+,10-7?. The molecule has 8 nitrogen and oxygen atoms in total. The monoisotopic (exact) mass is 547 g/mol. The van der Waals surface area contributed by atoms with E-state index in [1.165, 1.54) is 5.39 Å². The molecule has 0 radical (unpaired) electrons. The summed E-state index contributed by atoms with van der Waals surface area (Å²) in [6.45, 7) is 5.23. The fourth-order valence-corrected chi connectivity index (χ4v) is 4.67. The van der Waals surface area contributed by atoms with Crippen LogP contribution in [0.1, 0.15) is 28.2 Å². The maximum Gasteiger partial charge on any atom is 0.130 e. The molecule has 0 bridgehead atoms. The largest absolute Gasteiger partial charge is 0.491 e. The zero-order valence-electron chi connectivity index (χ0n) is 22.8. The van der Waals surface area contributed by atoms with Crippen molar-refractivity contribution >= 4 is 35.2 Å². The van der Waals surface area contributed by atoms with E-state index in [9.17, 15) is 0 Å². The first-order chi connectivity index (χ1) is 20.3. The lowest BCUT2D eigenvalue weighted by Gasteiger charge is -2.26. The van der Waals surface area contributed by atoms with Crippen molar-refractivity contribution in [1.29, 1.82) is 0 Å². The zero-order valence-corrected chi connectivity index (χ0v) is 22.8. The van der Waals surface area contributed by atoms with E-state index in [0.29, 0.717) is 13.2 Å². The van der Waals surface area contributed by atoms with Gasteiger partial charge < -0.3 is 19.2 Å². The van der Waals surface area contributed by atoms with Gasteiger partial charge in [-0.2, -0.15) is 5.10 Å². The Morgan fingerprint density at radius 3 is 2.76 bits per heavy atom. The average Bonchev–Trinajstić information content (AvgIpc) is 3.69. The number of hydrogen-bond donors (Lipinski definition) is 2. The van der Waals surface area contributed by atoms with Gasteiger partial charge in [0.05, 0.1) is 30.3 Å². The van der Waals surface area contributed by atoms with Gasteiger partial charge in [0.25, 0.3) is 0 Å². The molecule has 8 heteroatoms. The van der Waals surface area contributed by atoms with Crippen molar-refractivity contribution in [2.45, 2.75) is 6.61 Å². The Morgan fingerprint density at radius 1 is 0.902 bits per heavy atom. The number of pyridine rings is 1. The minimum atomic E-state index is 0.395. The summed E-state index contributed by atoms with van der Waals surface area (Å²) in [5, 5.41) is 8.75. The lowest BCUT2D eigenvalue weighted by Crippen LogP contribution is -2.38. The molecule has 2 aromatic carbocycles. The van der Waals surface area contributed by atoms with Gasteiger partial charge >= 0.3 is 0 Å². The van der Waals surface area contributed by atoms with Crippen LogP contribution in [0.25, 0.3) is 35.2 Å². The summed E-state index contributed by atoms with van der Waals surface area (Å²) in [5.74, 6) is 1.51. The number of aromatic amines is 2. The lowest BCUT2D eigenvalue weighted by atomic mass is 10.1. The number of fused-ring (bicyclic) bond motifs is 1. The third-order valence-electron chi connectivity index (χ3n) is 6.95. The van der Waals surface area contributed by atoms with Gasteiger partial charge in [-0.15, -0.1) is 0 Å². The maximum atomic E-state index is 6.27. The molecule has 5 aromatic rings. The Balaban J connectivity index is 1.13. The predicted octanol–water partition coefficient (Wildman–Crippen LogP) is 5.92. The molecule has 2 N–H and O–H groups in total.